The van der Waals surface area contributed by atoms with Crippen LogP contribution in [0.5, 0.6) is 0 Å². The molecule has 0 amide bonds. The first-order chi connectivity index (χ1) is 12.4. The quantitative estimate of drug-likeness (QED) is 0.513. The molecular formula is C21H25N5+2. The van der Waals surface area contributed by atoms with E-state index in [0.717, 1.165) is 22.9 Å². The zero-order valence-electron chi connectivity index (χ0n) is 16.3. The Kier molecular flexibility index (Phi) is 3.68. The minimum atomic E-state index is 0.973. The number of aryl methyl sites for hydroxylation is 5. The van der Waals surface area contributed by atoms with Gasteiger partial charge in [-0.05, 0) is 32.9 Å². The fraction of sp³-hybridized carbons (Fsp3) is 0.286. The number of hydrogen-bond donors (Lipinski definition) is 0. The molecule has 0 atom stereocenters. The molecule has 0 unspecified atom stereocenters. The highest BCUT2D eigenvalue weighted by molar-refractivity contribution is 5.59. The van der Waals surface area contributed by atoms with Crippen molar-refractivity contribution in [1.29, 1.82) is 0 Å². The molecule has 4 aromatic rings. The summed E-state index contributed by atoms with van der Waals surface area (Å²) >= 11 is 0. The largest absolute Gasteiger partial charge is 0.308 e. The monoisotopic (exact) mass is 347 g/mol. The van der Waals surface area contributed by atoms with Crippen molar-refractivity contribution >= 4 is 5.78 Å². The van der Waals surface area contributed by atoms with Gasteiger partial charge in [-0.25, -0.2) is 4.98 Å². The molecule has 0 saturated heterocycles. The van der Waals surface area contributed by atoms with Gasteiger partial charge in [-0.15, -0.1) is 0 Å². The van der Waals surface area contributed by atoms with Crippen LogP contribution >= 0.6 is 0 Å². The number of aromatic nitrogens is 5. The summed E-state index contributed by atoms with van der Waals surface area (Å²) < 4.78 is 8.76. The Morgan fingerprint density at radius 1 is 0.923 bits per heavy atom. The Hall–Kier alpha value is -2.95. The molecule has 4 heterocycles. The van der Waals surface area contributed by atoms with Crippen LogP contribution < -0.4 is 9.13 Å². The number of pyridine rings is 2. The summed E-state index contributed by atoms with van der Waals surface area (Å²) in [5, 5.41) is 0. The van der Waals surface area contributed by atoms with E-state index in [1.54, 1.807) is 0 Å². The molecule has 0 aromatic carbocycles. The van der Waals surface area contributed by atoms with Gasteiger partial charge in [0.1, 0.15) is 19.8 Å². The molecule has 0 fully saturated rings. The average molecular weight is 347 g/mol. The van der Waals surface area contributed by atoms with Crippen molar-refractivity contribution in [1.82, 2.24) is 14.0 Å². The number of hydrogen-bond acceptors (Lipinski definition) is 1. The molecule has 0 N–H and O–H groups in total. The summed E-state index contributed by atoms with van der Waals surface area (Å²) in [6.45, 7) is 6.28. The van der Waals surface area contributed by atoms with Crippen molar-refractivity contribution in [3.8, 4) is 22.8 Å². The van der Waals surface area contributed by atoms with E-state index >= 15 is 0 Å². The van der Waals surface area contributed by atoms with Crippen molar-refractivity contribution in [2.45, 2.75) is 20.8 Å². The number of imidazole rings is 2. The van der Waals surface area contributed by atoms with Crippen LogP contribution in [0.3, 0.4) is 0 Å². The van der Waals surface area contributed by atoms with Gasteiger partial charge in [0.15, 0.2) is 6.20 Å². The summed E-state index contributed by atoms with van der Waals surface area (Å²) in [4.78, 5) is 4.71. The lowest BCUT2D eigenvalue weighted by molar-refractivity contribution is -0.685. The fourth-order valence-electron chi connectivity index (χ4n) is 3.67. The van der Waals surface area contributed by atoms with Gasteiger partial charge in [-0.3, -0.25) is 4.40 Å². The van der Waals surface area contributed by atoms with Gasteiger partial charge in [0.05, 0.1) is 5.69 Å². The summed E-state index contributed by atoms with van der Waals surface area (Å²) in [5.74, 6) is 0.973. The van der Waals surface area contributed by atoms with E-state index in [1.165, 1.54) is 22.6 Å². The SMILES string of the molecule is Cc1ccc(-c2cccc(-c3cn4c(C)c(C)nc4n3C)[n+]2C)[n+](C)c1. The summed E-state index contributed by atoms with van der Waals surface area (Å²) in [7, 11) is 6.30. The van der Waals surface area contributed by atoms with Crippen LogP contribution in [-0.4, -0.2) is 14.0 Å². The zero-order valence-corrected chi connectivity index (χ0v) is 16.3. The van der Waals surface area contributed by atoms with Crippen molar-refractivity contribution in [2.75, 3.05) is 0 Å². The van der Waals surface area contributed by atoms with Crippen LogP contribution in [0.1, 0.15) is 17.0 Å². The Bertz CT molecular complexity index is 1150. The third-order valence-corrected chi connectivity index (χ3v) is 5.32. The molecule has 4 aromatic heterocycles. The average Bonchev–Trinajstić information content (AvgIpc) is 3.06. The first-order valence-corrected chi connectivity index (χ1v) is 8.85. The van der Waals surface area contributed by atoms with Crippen LogP contribution in [-0.2, 0) is 21.1 Å². The Balaban J connectivity index is 1.93. The fourth-order valence-corrected chi connectivity index (χ4v) is 3.67. The molecule has 0 aliphatic rings. The second-order valence-corrected chi connectivity index (χ2v) is 7.08. The summed E-state index contributed by atoms with van der Waals surface area (Å²) in [5.41, 5.74) is 8.19. The maximum absolute atomic E-state index is 4.71. The minimum Gasteiger partial charge on any atom is -0.308 e. The third-order valence-electron chi connectivity index (χ3n) is 5.32. The lowest BCUT2D eigenvalue weighted by atomic mass is 10.1. The Morgan fingerprint density at radius 3 is 2.35 bits per heavy atom. The smallest absolute Gasteiger partial charge is 0.277 e. The molecule has 5 heteroatoms. The highest BCUT2D eigenvalue weighted by atomic mass is 15.2. The van der Waals surface area contributed by atoms with E-state index in [0.29, 0.717) is 0 Å². The van der Waals surface area contributed by atoms with Gasteiger partial charge in [-0.1, -0.05) is 0 Å². The van der Waals surface area contributed by atoms with Gasteiger partial charge in [0.25, 0.3) is 11.4 Å². The topological polar surface area (TPSA) is 30.0 Å². The van der Waals surface area contributed by atoms with Crippen molar-refractivity contribution in [2.24, 2.45) is 21.1 Å². The zero-order chi connectivity index (χ0) is 18.6. The van der Waals surface area contributed by atoms with Crippen molar-refractivity contribution in [3.05, 3.63) is 59.7 Å². The number of rotatable bonds is 2. The van der Waals surface area contributed by atoms with Crippen LogP contribution in [0.25, 0.3) is 28.6 Å². The van der Waals surface area contributed by atoms with Gasteiger partial charge in [0, 0.05) is 42.7 Å². The summed E-state index contributed by atoms with van der Waals surface area (Å²) in [6.07, 6.45) is 4.34. The first-order valence-electron chi connectivity index (χ1n) is 8.85. The van der Waals surface area contributed by atoms with E-state index in [9.17, 15) is 0 Å². The molecule has 0 radical (unpaired) electrons. The van der Waals surface area contributed by atoms with Gasteiger partial charge < -0.3 is 4.57 Å². The molecule has 0 saturated carbocycles. The minimum absolute atomic E-state index is 0.973. The maximum Gasteiger partial charge on any atom is 0.277 e. The molecule has 132 valence electrons. The Morgan fingerprint density at radius 2 is 1.65 bits per heavy atom. The summed E-state index contributed by atoms with van der Waals surface area (Å²) in [6, 6.07) is 10.8. The lowest BCUT2D eigenvalue weighted by Crippen LogP contribution is -2.40. The predicted octanol–water partition coefficient (Wildman–Crippen LogP) is 2.58. The second-order valence-electron chi connectivity index (χ2n) is 7.08. The molecule has 0 aliphatic heterocycles. The lowest BCUT2D eigenvalue weighted by Gasteiger charge is -2.05. The van der Waals surface area contributed by atoms with Crippen molar-refractivity contribution < 1.29 is 9.13 Å². The molecular weight excluding hydrogens is 322 g/mol. The molecule has 0 bridgehead atoms. The second kappa shape index (κ2) is 5.80. The highest BCUT2D eigenvalue weighted by Crippen LogP contribution is 2.23. The standard InChI is InChI=1S/C21H25N5/c1-14-10-11-17(23(4)12-14)18-8-7-9-19(24(18)5)20-13-26-16(3)15(2)22-21(26)25(20)6/h7-13H,1-6H3/q+2. The van der Waals surface area contributed by atoms with Crippen LogP contribution in [0.4, 0.5) is 0 Å². The number of fused-ring (bicyclic) bond motifs is 1. The van der Waals surface area contributed by atoms with Crippen LogP contribution in [0, 0.1) is 20.8 Å². The number of nitrogens with zero attached hydrogens (tertiary/aromatic N) is 5. The van der Waals surface area contributed by atoms with Crippen LogP contribution in [0.15, 0.2) is 42.7 Å². The molecule has 0 spiro atoms. The van der Waals surface area contributed by atoms with E-state index < -0.39 is 0 Å². The molecule has 5 nitrogen and oxygen atoms in total. The van der Waals surface area contributed by atoms with Crippen LogP contribution in [0.2, 0.25) is 0 Å². The van der Waals surface area contributed by atoms with E-state index in [1.807, 2.05) is 0 Å². The van der Waals surface area contributed by atoms with Crippen molar-refractivity contribution in [3.63, 3.8) is 0 Å². The molecule has 0 aliphatic carbocycles. The highest BCUT2D eigenvalue weighted by Gasteiger charge is 2.25. The predicted molar refractivity (Wildman–Crippen MR) is 102 cm³/mol. The molecule has 4 rings (SSSR count). The van der Waals surface area contributed by atoms with E-state index in [4.69, 9.17) is 4.98 Å². The van der Waals surface area contributed by atoms with Gasteiger partial charge in [-0.2, -0.15) is 9.13 Å². The normalized spacial score (nSPS) is 11.5. The van der Waals surface area contributed by atoms with E-state index in [-0.39, 0.29) is 0 Å². The Labute approximate surface area is 153 Å². The third kappa shape index (κ3) is 2.35. The van der Waals surface area contributed by atoms with E-state index in [2.05, 4.69) is 103 Å². The first kappa shape index (κ1) is 16.5. The van der Waals surface area contributed by atoms with Gasteiger partial charge in [0.2, 0.25) is 11.5 Å². The van der Waals surface area contributed by atoms with Gasteiger partial charge >= 0.3 is 0 Å². The molecule has 26 heavy (non-hydrogen) atoms. The maximum atomic E-state index is 4.71.